The Morgan fingerprint density at radius 2 is 1.60 bits per heavy atom. The maximum Gasteiger partial charge on any atom is 0.335 e. The molecule has 1 rings (SSSR count). The van der Waals surface area contributed by atoms with Gasteiger partial charge in [-0.15, -0.1) is 11.6 Å². The van der Waals surface area contributed by atoms with Gasteiger partial charge in [0.25, 0.3) is 0 Å². The molecule has 9 heteroatoms. The smallest absolute Gasteiger partial charge is 0.335 e. The molecule has 0 saturated heterocycles. The number of rotatable bonds is 7. The molecule has 0 aliphatic heterocycles. The highest BCUT2D eigenvalue weighted by Crippen LogP contribution is 2.17. The van der Waals surface area contributed by atoms with Crippen molar-refractivity contribution in [2.75, 3.05) is 16.4 Å². The molecule has 0 amide bonds. The average molecular weight is 322 g/mol. The first-order valence-electron chi connectivity index (χ1n) is 5.43. The van der Waals surface area contributed by atoms with Gasteiger partial charge < -0.3 is 10.2 Å². The molecule has 0 atom stereocenters. The van der Waals surface area contributed by atoms with E-state index in [9.17, 15) is 18.0 Å². The topological polar surface area (TPSA) is 121 Å². The fraction of sp³-hybridized carbons (Fsp3) is 0.273. The van der Waals surface area contributed by atoms with Gasteiger partial charge in [0, 0.05) is 5.88 Å². The van der Waals surface area contributed by atoms with Gasteiger partial charge in [-0.1, -0.05) is 0 Å². The number of alkyl halides is 1. The van der Waals surface area contributed by atoms with Crippen molar-refractivity contribution in [2.45, 2.75) is 6.42 Å². The molecule has 0 aliphatic carbocycles. The van der Waals surface area contributed by atoms with E-state index in [1.807, 2.05) is 0 Å². The molecule has 0 radical (unpaired) electrons. The van der Waals surface area contributed by atoms with Crippen molar-refractivity contribution in [2.24, 2.45) is 0 Å². The summed E-state index contributed by atoms with van der Waals surface area (Å²) in [6.07, 6.45) is 0.224. The molecular weight excluding hydrogens is 310 g/mol. The third-order valence-electron chi connectivity index (χ3n) is 2.25. The molecule has 1 aromatic rings. The predicted octanol–water partition coefficient (Wildman–Crippen LogP) is 1.45. The van der Waals surface area contributed by atoms with Crippen LogP contribution in [0.5, 0.6) is 0 Å². The van der Waals surface area contributed by atoms with Crippen molar-refractivity contribution in [1.82, 2.24) is 0 Å². The molecule has 0 bridgehead atoms. The summed E-state index contributed by atoms with van der Waals surface area (Å²) in [6, 6.07) is 3.04. The molecule has 0 aromatic heterocycles. The van der Waals surface area contributed by atoms with Crippen LogP contribution < -0.4 is 4.72 Å². The summed E-state index contributed by atoms with van der Waals surface area (Å²) in [5.74, 6) is -2.78. The van der Waals surface area contributed by atoms with E-state index in [0.717, 1.165) is 18.2 Å². The van der Waals surface area contributed by atoms with Gasteiger partial charge in [0.1, 0.15) is 0 Å². The zero-order valence-electron chi connectivity index (χ0n) is 10.2. The Hall–Kier alpha value is -1.80. The maximum atomic E-state index is 11.7. The van der Waals surface area contributed by atoms with Crippen molar-refractivity contribution in [3.8, 4) is 0 Å². The third-order valence-corrected chi connectivity index (χ3v) is 3.89. The van der Waals surface area contributed by atoms with E-state index < -0.39 is 22.0 Å². The number of hydrogen-bond acceptors (Lipinski definition) is 4. The van der Waals surface area contributed by atoms with E-state index in [1.165, 1.54) is 0 Å². The number of anilines is 1. The van der Waals surface area contributed by atoms with Gasteiger partial charge in [-0.05, 0) is 24.6 Å². The van der Waals surface area contributed by atoms with Crippen LogP contribution in [0.4, 0.5) is 5.69 Å². The number of sulfonamides is 1. The number of carboxylic acid groups (broad SMARTS) is 2. The molecule has 0 heterocycles. The molecular formula is C11H12ClNO6S. The predicted molar refractivity (Wildman–Crippen MR) is 73.1 cm³/mol. The van der Waals surface area contributed by atoms with Crippen molar-refractivity contribution in [3.63, 3.8) is 0 Å². The summed E-state index contributed by atoms with van der Waals surface area (Å²) in [5, 5.41) is 17.7. The van der Waals surface area contributed by atoms with Crippen LogP contribution in [0.1, 0.15) is 27.1 Å². The van der Waals surface area contributed by atoms with E-state index >= 15 is 0 Å². The van der Waals surface area contributed by atoms with Crippen LogP contribution >= 0.6 is 11.6 Å². The molecule has 0 fully saturated rings. The van der Waals surface area contributed by atoms with Gasteiger partial charge in [0.05, 0.1) is 22.6 Å². The van der Waals surface area contributed by atoms with E-state index in [-0.39, 0.29) is 34.9 Å². The fourth-order valence-electron chi connectivity index (χ4n) is 1.41. The number of benzene rings is 1. The summed E-state index contributed by atoms with van der Waals surface area (Å²) in [7, 11) is -3.70. The zero-order valence-corrected chi connectivity index (χ0v) is 11.7. The van der Waals surface area contributed by atoms with Gasteiger partial charge >= 0.3 is 11.9 Å². The van der Waals surface area contributed by atoms with Crippen LogP contribution in [0.15, 0.2) is 18.2 Å². The summed E-state index contributed by atoms with van der Waals surface area (Å²) in [6.45, 7) is 0. The summed E-state index contributed by atoms with van der Waals surface area (Å²) >= 11 is 5.40. The molecule has 3 N–H and O–H groups in total. The quantitative estimate of drug-likeness (QED) is 0.654. The first-order chi connectivity index (χ1) is 9.25. The maximum absolute atomic E-state index is 11.7. The summed E-state index contributed by atoms with van der Waals surface area (Å²) in [5.41, 5.74) is -0.753. The SMILES string of the molecule is O=C(O)c1cc(NS(=O)(=O)CCCCl)cc(C(=O)O)c1. The van der Waals surface area contributed by atoms with E-state index in [0.29, 0.717) is 0 Å². The monoisotopic (exact) mass is 321 g/mol. The minimum absolute atomic E-state index is 0.114. The van der Waals surface area contributed by atoms with Crippen molar-refractivity contribution in [1.29, 1.82) is 0 Å². The minimum Gasteiger partial charge on any atom is -0.478 e. The van der Waals surface area contributed by atoms with Crippen molar-refractivity contribution < 1.29 is 28.2 Å². The Morgan fingerprint density at radius 1 is 1.10 bits per heavy atom. The zero-order chi connectivity index (χ0) is 15.3. The highest BCUT2D eigenvalue weighted by atomic mass is 35.5. The van der Waals surface area contributed by atoms with Gasteiger partial charge in [0.15, 0.2) is 0 Å². The van der Waals surface area contributed by atoms with Gasteiger partial charge in [-0.25, -0.2) is 18.0 Å². The Kier molecular flexibility index (Phi) is 5.34. The number of aromatic carboxylic acids is 2. The normalized spacial score (nSPS) is 11.1. The standard InChI is InChI=1S/C11H12ClNO6S/c12-2-1-3-20(18,19)13-9-5-7(10(14)15)4-8(6-9)11(16)17/h4-6,13H,1-3H2,(H,14,15)(H,16,17). The lowest BCUT2D eigenvalue weighted by atomic mass is 10.1. The van der Waals surface area contributed by atoms with E-state index in [1.54, 1.807) is 0 Å². The molecule has 7 nitrogen and oxygen atoms in total. The first kappa shape index (κ1) is 16.3. The van der Waals surface area contributed by atoms with Gasteiger partial charge in [-0.2, -0.15) is 0 Å². The lowest BCUT2D eigenvalue weighted by Crippen LogP contribution is -2.18. The van der Waals surface area contributed by atoms with Crippen LogP contribution in [0.2, 0.25) is 0 Å². The molecule has 0 saturated carbocycles. The average Bonchev–Trinajstić information content (AvgIpc) is 2.35. The van der Waals surface area contributed by atoms with Crippen LogP contribution in [0, 0.1) is 0 Å². The molecule has 0 unspecified atom stereocenters. The number of nitrogens with one attached hydrogen (secondary N) is 1. The molecule has 20 heavy (non-hydrogen) atoms. The number of halogens is 1. The number of hydrogen-bond donors (Lipinski definition) is 3. The minimum atomic E-state index is -3.70. The molecule has 0 aliphatic rings. The first-order valence-corrected chi connectivity index (χ1v) is 7.62. The van der Waals surface area contributed by atoms with E-state index in [2.05, 4.69) is 4.72 Å². The number of carboxylic acids is 2. The Balaban J connectivity index is 3.11. The largest absolute Gasteiger partial charge is 0.478 e. The number of carbonyl (C=O) groups is 2. The highest BCUT2D eigenvalue weighted by molar-refractivity contribution is 7.92. The van der Waals surface area contributed by atoms with Crippen molar-refractivity contribution in [3.05, 3.63) is 29.3 Å². The molecule has 0 spiro atoms. The lowest BCUT2D eigenvalue weighted by Gasteiger charge is -2.09. The second-order valence-corrected chi connectivity index (χ2v) is 6.09. The van der Waals surface area contributed by atoms with Crippen LogP contribution in [-0.4, -0.2) is 42.2 Å². The Labute approximate surface area is 120 Å². The highest BCUT2D eigenvalue weighted by Gasteiger charge is 2.15. The Bertz CT molecular complexity index is 596. The second-order valence-electron chi connectivity index (χ2n) is 3.87. The second kappa shape index (κ2) is 6.58. The van der Waals surface area contributed by atoms with Gasteiger partial charge in [0.2, 0.25) is 10.0 Å². The van der Waals surface area contributed by atoms with Crippen LogP contribution in [0.25, 0.3) is 0 Å². The summed E-state index contributed by atoms with van der Waals surface area (Å²) < 4.78 is 25.4. The lowest BCUT2D eigenvalue weighted by molar-refractivity contribution is 0.0696. The fourth-order valence-corrected chi connectivity index (χ4v) is 2.80. The van der Waals surface area contributed by atoms with E-state index in [4.69, 9.17) is 21.8 Å². The third kappa shape index (κ3) is 4.71. The van der Waals surface area contributed by atoms with Crippen LogP contribution in [0.3, 0.4) is 0 Å². The summed E-state index contributed by atoms with van der Waals surface area (Å²) in [4.78, 5) is 21.8. The van der Waals surface area contributed by atoms with Crippen molar-refractivity contribution >= 4 is 39.3 Å². The van der Waals surface area contributed by atoms with Crippen LogP contribution in [-0.2, 0) is 10.0 Å². The molecule has 110 valence electrons. The molecule has 1 aromatic carbocycles. The Morgan fingerprint density at radius 3 is 2.00 bits per heavy atom. The van der Waals surface area contributed by atoms with Gasteiger partial charge in [-0.3, -0.25) is 4.72 Å².